The molecular formula is C9H18O. The molecule has 1 atom stereocenters. The van der Waals surface area contributed by atoms with E-state index in [2.05, 4.69) is 19.9 Å². The van der Waals surface area contributed by atoms with E-state index in [-0.39, 0.29) is 0 Å². The lowest BCUT2D eigenvalue weighted by molar-refractivity contribution is 0.132. The molecule has 1 N–H and O–H groups in total. The highest BCUT2D eigenvalue weighted by Crippen LogP contribution is 2.08. The summed E-state index contributed by atoms with van der Waals surface area (Å²) in [5.74, 6) is 0.575. The van der Waals surface area contributed by atoms with Crippen LogP contribution >= 0.6 is 0 Å². The van der Waals surface area contributed by atoms with Crippen LogP contribution in [-0.2, 0) is 0 Å². The van der Waals surface area contributed by atoms with E-state index in [1.54, 1.807) is 13.8 Å². The maximum Gasteiger partial charge on any atom is 0.0771 e. The molecule has 0 heterocycles. The lowest BCUT2D eigenvalue weighted by atomic mass is 10.0. The Balaban J connectivity index is 3.75. The smallest absolute Gasteiger partial charge is 0.0771 e. The minimum atomic E-state index is -0.649. The predicted molar refractivity (Wildman–Crippen MR) is 44.9 cm³/mol. The Hall–Kier alpha value is -0.300. The highest BCUT2D eigenvalue weighted by Gasteiger charge is 2.05. The predicted octanol–water partition coefficient (Wildman–Crippen LogP) is 2.36. The van der Waals surface area contributed by atoms with Gasteiger partial charge in [0, 0.05) is 0 Å². The van der Waals surface area contributed by atoms with Gasteiger partial charge in [-0.05, 0) is 19.8 Å². The third-order valence-electron chi connectivity index (χ3n) is 1.48. The SMILES string of the molecule is CC[C@@H](C)/C=C/C(C)(C)O. The number of hydrogen-bond acceptors (Lipinski definition) is 1. The van der Waals surface area contributed by atoms with Crippen molar-refractivity contribution >= 4 is 0 Å². The summed E-state index contributed by atoms with van der Waals surface area (Å²) in [6, 6.07) is 0. The van der Waals surface area contributed by atoms with Gasteiger partial charge in [0.2, 0.25) is 0 Å². The van der Waals surface area contributed by atoms with Gasteiger partial charge in [-0.1, -0.05) is 32.4 Å². The van der Waals surface area contributed by atoms with Crippen LogP contribution in [0.5, 0.6) is 0 Å². The van der Waals surface area contributed by atoms with E-state index < -0.39 is 5.60 Å². The van der Waals surface area contributed by atoms with Gasteiger partial charge in [-0.15, -0.1) is 0 Å². The van der Waals surface area contributed by atoms with Crippen molar-refractivity contribution in [3.8, 4) is 0 Å². The van der Waals surface area contributed by atoms with Gasteiger partial charge in [0.15, 0.2) is 0 Å². The molecule has 0 unspecified atom stereocenters. The fraction of sp³-hybridized carbons (Fsp3) is 0.778. The van der Waals surface area contributed by atoms with E-state index in [4.69, 9.17) is 0 Å². The van der Waals surface area contributed by atoms with E-state index in [0.717, 1.165) is 6.42 Å². The van der Waals surface area contributed by atoms with Crippen LogP contribution in [0.15, 0.2) is 12.2 Å². The van der Waals surface area contributed by atoms with Crippen LogP contribution in [0.4, 0.5) is 0 Å². The summed E-state index contributed by atoms with van der Waals surface area (Å²) in [5.41, 5.74) is -0.649. The minimum Gasteiger partial charge on any atom is -0.386 e. The van der Waals surface area contributed by atoms with E-state index in [1.165, 1.54) is 0 Å². The Kier molecular flexibility index (Phi) is 3.66. The van der Waals surface area contributed by atoms with Crippen molar-refractivity contribution < 1.29 is 5.11 Å². The second kappa shape index (κ2) is 3.77. The Morgan fingerprint density at radius 3 is 2.30 bits per heavy atom. The molecule has 0 saturated carbocycles. The average Bonchev–Trinajstić information content (AvgIpc) is 1.81. The molecule has 0 aliphatic rings. The molecule has 0 aromatic carbocycles. The first kappa shape index (κ1) is 9.70. The van der Waals surface area contributed by atoms with Crippen LogP contribution in [0.3, 0.4) is 0 Å². The van der Waals surface area contributed by atoms with Crippen molar-refractivity contribution in [3.63, 3.8) is 0 Å². The molecule has 0 aromatic heterocycles. The molecule has 0 amide bonds. The lowest BCUT2D eigenvalue weighted by Crippen LogP contribution is -2.14. The average molecular weight is 142 g/mol. The van der Waals surface area contributed by atoms with Crippen LogP contribution in [0, 0.1) is 5.92 Å². The molecule has 0 aliphatic heterocycles. The first-order valence-electron chi connectivity index (χ1n) is 3.87. The van der Waals surface area contributed by atoms with Crippen molar-refractivity contribution in [3.05, 3.63) is 12.2 Å². The Morgan fingerprint density at radius 2 is 2.00 bits per heavy atom. The fourth-order valence-electron chi connectivity index (χ4n) is 0.536. The standard InChI is InChI=1S/C9H18O/c1-5-8(2)6-7-9(3,4)10/h6-8,10H,5H2,1-4H3/b7-6+/t8-/m1/s1. The van der Waals surface area contributed by atoms with Gasteiger partial charge in [-0.25, -0.2) is 0 Å². The largest absolute Gasteiger partial charge is 0.386 e. The number of allylic oxidation sites excluding steroid dienone is 1. The van der Waals surface area contributed by atoms with Crippen LogP contribution < -0.4 is 0 Å². The third-order valence-corrected chi connectivity index (χ3v) is 1.48. The maximum absolute atomic E-state index is 9.28. The van der Waals surface area contributed by atoms with Crippen LogP contribution in [0.25, 0.3) is 0 Å². The molecule has 0 aromatic rings. The zero-order valence-electron chi connectivity index (χ0n) is 7.39. The summed E-state index contributed by atoms with van der Waals surface area (Å²) in [7, 11) is 0. The van der Waals surface area contributed by atoms with Gasteiger partial charge in [-0.3, -0.25) is 0 Å². The molecule has 10 heavy (non-hydrogen) atoms. The van der Waals surface area contributed by atoms with E-state index in [9.17, 15) is 5.11 Å². The Labute approximate surface area is 63.8 Å². The zero-order valence-corrected chi connectivity index (χ0v) is 7.39. The Bertz CT molecular complexity index is 108. The summed E-state index contributed by atoms with van der Waals surface area (Å²) in [6.45, 7) is 7.85. The number of rotatable bonds is 3. The molecule has 1 heteroatoms. The Morgan fingerprint density at radius 1 is 1.50 bits per heavy atom. The summed E-state index contributed by atoms with van der Waals surface area (Å²) >= 11 is 0. The molecule has 0 fully saturated rings. The van der Waals surface area contributed by atoms with Crippen molar-refractivity contribution in [2.24, 2.45) is 5.92 Å². The highest BCUT2D eigenvalue weighted by molar-refractivity contribution is 4.97. The normalized spacial score (nSPS) is 16.1. The van der Waals surface area contributed by atoms with Crippen molar-refractivity contribution in [2.45, 2.75) is 39.7 Å². The summed E-state index contributed by atoms with van der Waals surface area (Å²) in [5, 5.41) is 9.28. The quantitative estimate of drug-likeness (QED) is 0.600. The first-order valence-corrected chi connectivity index (χ1v) is 3.87. The number of hydrogen-bond donors (Lipinski definition) is 1. The summed E-state index contributed by atoms with van der Waals surface area (Å²) < 4.78 is 0. The highest BCUT2D eigenvalue weighted by atomic mass is 16.3. The van der Waals surface area contributed by atoms with E-state index >= 15 is 0 Å². The number of aliphatic hydroxyl groups is 1. The van der Waals surface area contributed by atoms with Gasteiger partial charge < -0.3 is 5.11 Å². The van der Waals surface area contributed by atoms with Crippen LogP contribution in [0.1, 0.15) is 34.1 Å². The van der Waals surface area contributed by atoms with Crippen LogP contribution in [-0.4, -0.2) is 10.7 Å². The molecule has 0 bridgehead atoms. The summed E-state index contributed by atoms with van der Waals surface area (Å²) in [4.78, 5) is 0. The molecule has 1 nitrogen and oxygen atoms in total. The van der Waals surface area contributed by atoms with Gasteiger partial charge in [0.1, 0.15) is 0 Å². The molecule has 0 rings (SSSR count). The topological polar surface area (TPSA) is 20.2 Å². The fourth-order valence-corrected chi connectivity index (χ4v) is 0.536. The van der Waals surface area contributed by atoms with Crippen molar-refractivity contribution in [1.29, 1.82) is 0 Å². The van der Waals surface area contributed by atoms with Gasteiger partial charge in [-0.2, -0.15) is 0 Å². The van der Waals surface area contributed by atoms with Gasteiger partial charge >= 0.3 is 0 Å². The molecule has 60 valence electrons. The van der Waals surface area contributed by atoms with E-state index in [1.807, 2.05) is 6.08 Å². The maximum atomic E-state index is 9.28. The van der Waals surface area contributed by atoms with Crippen molar-refractivity contribution in [1.82, 2.24) is 0 Å². The first-order chi connectivity index (χ1) is 4.45. The molecule has 0 saturated heterocycles. The summed E-state index contributed by atoms with van der Waals surface area (Å²) in [6.07, 6.45) is 5.04. The molecule has 0 spiro atoms. The second-order valence-electron chi connectivity index (χ2n) is 3.40. The third kappa shape index (κ3) is 5.83. The monoisotopic (exact) mass is 142 g/mol. The van der Waals surface area contributed by atoms with Crippen LogP contribution in [0.2, 0.25) is 0 Å². The second-order valence-corrected chi connectivity index (χ2v) is 3.40. The minimum absolute atomic E-state index is 0.575. The molecule has 0 radical (unpaired) electrons. The molecule has 0 aliphatic carbocycles. The van der Waals surface area contributed by atoms with Crippen molar-refractivity contribution in [2.75, 3.05) is 0 Å². The lowest BCUT2D eigenvalue weighted by Gasteiger charge is -2.11. The molecular weight excluding hydrogens is 124 g/mol. The van der Waals surface area contributed by atoms with E-state index in [0.29, 0.717) is 5.92 Å². The van der Waals surface area contributed by atoms with Gasteiger partial charge in [0.25, 0.3) is 0 Å². The zero-order chi connectivity index (χ0) is 8.20. The van der Waals surface area contributed by atoms with Gasteiger partial charge in [0.05, 0.1) is 5.60 Å².